The minimum atomic E-state index is -2.94. The molecule has 124 valence electrons. The minimum absolute atomic E-state index is 0.0786. The van der Waals surface area contributed by atoms with Crippen molar-refractivity contribution in [3.05, 3.63) is 30.4 Å². The summed E-state index contributed by atoms with van der Waals surface area (Å²) in [5.41, 5.74) is 0.725. The number of rotatable bonds is 5. The van der Waals surface area contributed by atoms with Gasteiger partial charge in [0, 0.05) is 24.6 Å². The van der Waals surface area contributed by atoms with Crippen molar-refractivity contribution in [1.29, 1.82) is 0 Å². The molecule has 9 heteroatoms. The van der Waals surface area contributed by atoms with Crippen LogP contribution in [0, 0.1) is 0 Å². The normalized spacial score (nSPS) is 20.2. The summed E-state index contributed by atoms with van der Waals surface area (Å²) in [6, 6.07) is 1.73. The van der Waals surface area contributed by atoms with Gasteiger partial charge in [0.25, 0.3) is 0 Å². The molecule has 3 heterocycles. The Bertz CT molecular complexity index is 784. The molecule has 8 nitrogen and oxygen atoms in total. The van der Waals surface area contributed by atoms with E-state index in [0.717, 1.165) is 5.69 Å². The lowest BCUT2D eigenvalue weighted by Crippen LogP contribution is -2.41. The predicted molar refractivity (Wildman–Crippen MR) is 84.5 cm³/mol. The minimum Gasteiger partial charge on any atom is -0.349 e. The van der Waals surface area contributed by atoms with Crippen LogP contribution in [0.25, 0.3) is 5.78 Å². The van der Waals surface area contributed by atoms with Crippen LogP contribution < -0.4 is 5.32 Å². The van der Waals surface area contributed by atoms with Crippen molar-refractivity contribution in [2.24, 2.45) is 0 Å². The Morgan fingerprint density at radius 2 is 2.35 bits per heavy atom. The Balaban J connectivity index is 1.51. The summed E-state index contributed by atoms with van der Waals surface area (Å²) in [7, 11) is -1.16. The first-order valence-electron chi connectivity index (χ1n) is 7.39. The molecular formula is C14H19N5O3S. The molecule has 3 rings (SSSR count). The van der Waals surface area contributed by atoms with E-state index >= 15 is 0 Å². The molecule has 1 saturated heterocycles. The first-order chi connectivity index (χ1) is 10.9. The summed E-state index contributed by atoms with van der Waals surface area (Å²) in [6.07, 6.45) is 5.91. The van der Waals surface area contributed by atoms with E-state index in [1.54, 1.807) is 22.5 Å². The van der Waals surface area contributed by atoms with Crippen molar-refractivity contribution in [2.75, 3.05) is 25.1 Å². The number of imidazole rings is 1. The van der Waals surface area contributed by atoms with Gasteiger partial charge in [0.2, 0.25) is 11.7 Å². The Hall–Kier alpha value is -2.00. The summed E-state index contributed by atoms with van der Waals surface area (Å²) in [4.78, 5) is 22.2. The van der Waals surface area contributed by atoms with E-state index in [4.69, 9.17) is 0 Å². The third-order valence-corrected chi connectivity index (χ3v) is 5.73. The van der Waals surface area contributed by atoms with Crippen LogP contribution in [0.15, 0.2) is 24.7 Å². The molecule has 0 spiro atoms. The van der Waals surface area contributed by atoms with Crippen molar-refractivity contribution in [3.63, 3.8) is 0 Å². The third-order valence-electron chi connectivity index (χ3n) is 3.98. The highest BCUT2D eigenvalue weighted by atomic mass is 32.2. The second kappa shape index (κ2) is 6.25. The van der Waals surface area contributed by atoms with E-state index in [1.807, 2.05) is 18.5 Å². The van der Waals surface area contributed by atoms with Crippen LogP contribution in [0.5, 0.6) is 0 Å². The van der Waals surface area contributed by atoms with Gasteiger partial charge in [0.15, 0.2) is 9.84 Å². The average Bonchev–Trinajstić information content (AvgIpc) is 3.07. The van der Waals surface area contributed by atoms with Gasteiger partial charge in [-0.3, -0.25) is 14.1 Å². The lowest BCUT2D eigenvalue weighted by atomic mass is 10.2. The van der Waals surface area contributed by atoms with Crippen molar-refractivity contribution in [1.82, 2.24) is 24.6 Å². The number of likely N-dealkylation sites (N-methyl/N-ethyl adjacent to an activating group) is 1. The molecule has 0 aromatic carbocycles. The van der Waals surface area contributed by atoms with Crippen LogP contribution in [0.3, 0.4) is 0 Å². The zero-order valence-corrected chi connectivity index (χ0v) is 13.7. The van der Waals surface area contributed by atoms with Crippen LogP contribution in [0.1, 0.15) is 12.1 Å². The molecule has 1 aliphatic rings. The largest absolute Gasteiger partial charge is 0.349 e. The molecule has 0 bridgehead atoms. The number of carbonyl (C=O) groups excluding carboxylic acids is 1. The number of nitrogens with zero attached hydrogens (tertiary/aromatic N) is 4. The van der Waals surface area contributed by atoms with Gasteiger partial charge in [0.05, 0.1) is 30.3 Å². The second-order valence-corrected chi connectivity index (χ2v) is 8.04. The number of hydrogen-bond donors (Lipinski definition) is 1. The van der Waals surface area contributed by atoms with E-state index in [2.05, 4.69) is 15.3 Å². The molecule has 0 saturated carbocycles. The maximum Gasteiger partial charge on any atom is 0.234 e. The number of fused-ring (bicyclic) bond motifs is 1. The number of carbonyl (C=O) groups is 1. The number of sulfone groups is 1. The van der Waals surface area contributed by atoms with E-state index in [0.29, 0.717) is 18.7 Å². The molecule has 23 heavy (non-hydrogen) atoms. The molecule has 2 aromatic rings. The second-order valence-electron chi connectivity index (χ2n) is 5.81. The Kier molecular flexibility index (Phi) is 4.31. The fraction of sp³-hybridized carbons (Fsp3) is 0.500. The number of amides is 1. The third kappa shape index (κ3) is 3.85. The van der Waals surface area contributed by atoms with Crippen molar-refractivity contribution in [3.8, 4) is 0 Å². The van der Waals surface area contributed by atoms with E-state index in [-0.39, 0.29) is 30.0 Å². The van der Waals surface area contributed by atoms with Crippen LogP contribution in [-0.2, 0) is 21.2 Å². The van der Waals surface area contributed by atoms with Gasteiger partial charge >= 0.3 is 0 Å². The summed E-state index contributed by atoms with van der Waals surface area (Å²) in [5.74, 6) is 0.777. The van der Waals surface area contributed by atoms with Crippen molar-refractivity contribution >= 4 is 21.5 Å². The Morgan fingerprint density at radius 3 is 3.04 bits per heavy atom. The number of hydrogen-bond acceptors (Lipinski definition) is 6. The summed E-state index contributed by atoms with van der Waals surface area (Å²) >= 11 is 0. The predicted octanol–water partition coefficient (Wildman–Crippen LogP) is -0.536. The van der Waals surface area contributed by atoms with Gasteiger partial charge in [-0.25, -0.2) is 18.4 Å². The van der Waals surface area contributed by atoms with E-state index in [1.165, 1.54) is 0 Å². The Morgan fingerprint density at radius 1 is 1.52 bits per heavy atom. The quantitative estimate of drug-likeness (QED) is 0.787. The maximum atomic E-state index is 12.0. The highest BCUT2D eigenvalue weighted by Gasteiger charge is 2.31. The molecule has 0 unspecified atom stereocenters. The molecule has 0 radical (unpaired) electrons. The van der Waals surface area contributed by atoms with Gasteiger partial charge in [-0.1, -0.05) is 0 Å². The number of nitrogens with one attached hydrogen (secondary N) is 1. The van der Waals surface area contributed by atoms with Crippen LogP contribution in [0.4, 0.5) is 0 Å². The fourth-order valence-electron chi connectivity index (χ4n) is 2.69. The monoisotopic (exact) mass is 337 g/mol. The molecule has 1 atom stereocenters. The first kappa shape index (κ1) is 15.9. The van der Waals surface area contributed by atoms with Gasteiger partial charge < -0.3 is 5.32 Å². The molecule has 0 aliphatic carbocycles. The summed E-state index contributed by atoms with van der Waals surface area (Å²) in [5, 5.41) is 2.80. The lowest BCUT2D eigenvalue weighted by Gasteiger charge is -2.22. The zero-order valence-electron chi connectivity index (χ0n) is 12.8. The van der Waals surface area contributed by atoms with Crippen LogP contribution in [0.2, 0.25) is 0 Å². The van der Waals surface area contributed by atoms with Crippen LogP contribution in [-0.4, -0.2) is 64.7 Å². The average molecular weight is 337 g/mol. The molecule has 1 fully saturated rings. The lowest BCUT2D eigenvalue weighted by molar-refractivity contribution is -0.122. The van der Waals surface area contributed by atoms with Crippen molar-refractivity contribution < 1.29 is 13.2 Å². The standard InChI is InChI=1S/C14H19N5O3S/c1-18(12-3-6-23(21,22)10-12)9-13(20)16-7-11-8-19-5-2-4-15-14(19)17-11/h2,4-5,8,12H,3,6-7,9-10H2,1H3,(H,16,20)/t12-/m0/s1. The zero-order chi connectivity index (χ0) is 16.4. The summed E-state index contributed by atoms with van der Waals surface area (Å²) < 4.78 is 24.8. The smallest absolute Gasteiger partial charge is 0.234 e. The highest BCUT2D eigenvalue weighted by Crippen LogP contribution is 2.16. The number of aromatic nitrogens is 3. The van der Waals surface area contributed by atoms with Gasteiger partial charge in [-0.2, -0.15) is 0 Å². The topological polar surface area (TPSA) is 96.7 Å². The van der Waals surface area contributed by atoms with Gasteiger partial charge in [0.1, 0.15) is 0 Å². The molecule has 2 aromatic heterocycles. The maximum absolute atomic E-state index is 12.0. The SMILES string of the molecule is CN(CC(=O)NCc1cn2cccnc2n1)[C@H]1CCS(=O)(=O)C1. The van der Waals surface area contributed by atoms with Gasteiger partial charge in [-0.05, 0) is 19.5 Å². The fourth-order valence-corrected chi connectivity index (χ4v) is 4.49. The molecule has 1 N–H and O–H groups in total. The van der Waals surface area contributed by atoms with Crippen molar-refractivity contribution in [2.45, 2.75) is 19.0 Å². The summed E-state index contributed by atoms with van der Waals surface area (Å²) in [6.45, 7) is 0.491. The van der Waals surface area contributed by atoms with E-state index < -0.39 is 9.84 Å². The molecule has 1 amide bonds. The first-order valence-corrected chi connectivity index (χ1v) is 9.21. The highest BCUT2D eigenvalue weighted by molar-refractivity contribution is 7.91. The van der Waals surface area contributed by atoms with Crippen LogP contribution >= 0.6 is 0 Å². The molecule has 1 aliphatic heterocycles. The van der Waals surface area contributed by atoms with Gasteiger partial charge in [-0.15, -0.1) is 0 Å². The Labute approximate surface area is 134 Å². The molecular weight excluding hydrogens is 318 g/mol. The van der Waals surface area contributed by atoms with E-state index in [9.17, 15) is 13.2 Å².